The number of hydrogen-bond acceptors (Lipinski definition) is 3. The lowest BCUT2D eigenvalue weighted by molar-refractivity contribution is 0.102. The zero-order valence-corrected chi connectivity index (χ0v) is 15.3. The molecule has 1 amide bonds. The van der Waals surface area contributed by atoms with Gasteiger partial charge in [0.1, 0.15) is 22.4 Å². The van der Waals surface area contributed by atoms with E-state index in [1.54, 1.807) is 32.6 Å². The second-order valence-electron chi connectivity index (χ2n) is 5.93. The molecule has 0 unspecified atom stereocenters. The topological polar surface area (TPSA) is 64.7 Å². The van der Waals surface area contributed by atoms with Crippen molar-refractivity contribution in [1.29, 1.82) is 0 Å². The number of carbonyl (C=O) groups is 1. The van der Waals surface area contributed by atoms with Gasteiger partial charge in [-0.2, -0.15) is 10.2 Å². The molecule has 6 nitrogen and oxygen atoms in total. The Bertz CT molecular complexity index is 1200. The van der Waals surface area contributed by atoms with Crippen LogP contribution in [0.3, 0.4) is 0 Å². The third-order valence-electron chi connectivity index (χ3n) is 3.98. The molecule has 0 aliphatic heterocycles. The Kier molecular flexibility index (Phi) is 3.76. The molecule has 0 spiro atoms. The lowest BCUT2D eigenvalue weighted by Gasteiger charge is -2.08. The molecule has 0 saturated carbocycles. The van der Waals surface area contributed by atoms with Gasteiger partial charge in [0, 0.05) is 47.4 Å². The molecule has 0 atom stereocenters. The van der Waals surface area contributed by atoms with E-state index in [2.05, 4.69) is 31.4 Å². The van der Waals surface area contributed by atoms with E-state index in [9.17, 15) is 13.6 Å². The second-order valence-corrected chi connectivity index (χ2v) is 6.79. The van der Waals surface area contributed by atoms with Crippen molar-refractivity contribution in [3.63, 3.8) is 0 Å². The van der Waals surface area contributed by atoms with Gasteiger partial charge >= 0.3 is 0 Å². The maximum atomic E-state index is 14.5. The summed E-state index contributed by atoms with van der Waals surface area (Å²) in [5, 5.41) is 11.9. The first-order valence-corrected chi connectivity index (χ1v) is 8.38. The number of amides is 1. The lowest BCUT2D eigenvalue weighted by Crippen LogP contribution is -2.15. The van der Waals surface area contributed by atoms with Gasteiger partial charge in [-0.15, -0.1) is 0 Å². The van der Waals surface area contributed by atoms with Gasteiger partial charge in [-0.25, -0.2) is 8.78 Å². The molecular weight excluding hydrogens is 408 g/mol. The minimum Gasteiger partial charge on any atom is -0.322 e. The van der Waals surface area contributed by atoms with Crippen molar-refractivity contribution in [2.24, 2.45) is 14.1 Å². The summed E-state index contributed by atoms with van der Waals surface area (Å²) in [7, 11) is 3.35. The Labute approximate surface area is 154 Å². The van der Waals surface area contributed by atoms with Crippen LogP contribution in [0.25, 0.3) is 21.8 Å². The molecule has 26 heavy (non-hydrogen) atoms. The first-order chi connectivity index (χ1) is 12.3. The van der Waals surface area contributed by atoms with E-state index in [1.165, 1.54) is 15.4 Å². The number of halogens is 3. The summed E-state index contributed by atoms with van der Waals surface area (Å²) in [6.45, 7) is 0. The number of aromatic nitrogens is 4. The van der Waals surface area contributed by atoms with Gasteiger partial charge < -0.3 is 5.32 Å². The van der Waals surface area contributed by atoms with Crippen molar-refractivity contribution in [3.8, 4) is 0 Å². The van der Waals surface area contributed by atoms with Gasteiger partial charge in [0.15, 0.2) is 5.82 Å². The van der Waals surface area contributed by atoms with Crippen LogP contribution in [-0.4, -0.2) is 25.5 Å². The number of hydrogen-bond donors (Lipinski definition) is 1. The van der Waals surface area contributed by atoms with Crippen LogP contribution >= 0.6 is 15.9 Å². The van der Waals surface area contributed by atoms with Crippen LogP contribution in [0.5, 0.6) is 0 Å². The monoisotopic (exact) mass is 419 g/mol. The van der Waals surface area contributed by atoms with Crippen LogP contribution in [0.15, 0.2) is 35.1 Å². The fraction of sp³-hybridized carbons (Fsp3) is 0.118. The Hall–Kier alpha value is -2.81. The van der Waals surface area contributed by atoms with Crippen LogP contribution in [0.1, 0.15) is 10.4 Å². The third kappa shape index (κ3) is 2.64. The number of nitrogens with zero attached hydrogens (tertiary/aromatic N) is 4. The molecule has 0 radical (unpaired) electrons. The van der Waals surface area contributed by atoms with Crippen molar-refractivity contribution in [3.05, 3.63) is 52.3 Å². The number of rotatable bonds is 2. The summed E-state index contributed by atoms with van der Waals surface area (Å²) >= 11 is 3.27. The quantitative estimate of drug-likeness (QED) is 0.537. The highest BCUT2D eigenvalue weighted by Crippen LogP contribution is 2.29. The summed E-state index contributed by atoms with van der Waals surface area (Å²) in [4.78, 5) is 12.7. The summed E-state index contributed by atoms with van der Waals surface area (Å²) in [6.07, 6.45) is 3.31. The number of anilines is 1. The van der Waals surface area contributed by atoms with Gasteiger partial charge in [-0.05, 0) is 34.1 Å². The molecule has 4 aromatic rings. The molecule has 0 bridgehead atoms. The summed E-state index contributed by atoms with van der Waals surface area (Å²) < 4.78 is 32.1. The van der Waals surface area contributed by atoms with E-state index in [0.29, 0.717) is 15.2 Å². The van der Waals surface area contributed by atoms with E-state index in [1.807, 2.05) is 0 Å². The average molecular weight is 420 g/mol. The molecule has 132 valence electrons. The number of nitrogens with one attached hydrogen (secondary N) is 1. The summed E-state index contributed by atoms with van der Waals surface area (Å²) in [6, 6.07) is 3.94. The van der Waals surface area contributed by atoms with Gasteiger partial charge in [0.25, 0.3) is 5.91 Å². The predicted octanol–water partition coefficient (Wildman–Crippen LogP) is 3.75. The van der Waals surface area contributed by atoms with E-state index in [-0.39, 0.29) is 22.3 Å². The van der Waals surface area contributed by atoms with E-state index < -0.39 is 17.5 Å². The number of benzene rings is 2. The van der Waals surface area contributed by atoms with E-state index in [4.69, 9.17) is 0 Å². The minimum absolute atomic E-state index is 0.199. The molecule has 4 rings (SSSR count). The smallest absolute Gasteiger partial charge is 0.260 e. The zero-order chi connectivity index (χ0) is 18.6. The van der Waals surface area contributed by atoms with Gasteiger partial charge in [-0.3, -0.25) is 14.2 Å². The van der Waals surface area contributed by atoms with Gasteiger partial charge in [-0.1, -0.05) is 0 Å². The van der Waals surface area contributed by atoms with Crippen LogP contribution in [0, 0.1) is 11.6 Å². The second kappa shape index (κ2) is 5.87. The zero-order valence-electron chi connectivity index (χ0n) is 13.7. The standard InChI is InChI=1S/C17H12BrF2N5O/c1-24-6-8-3-9(4-13(20)15(8)22-24)21-17(26)14-12(19)5-11(18)10-7-25(2)23-16(10)14/h3-7H,1-2H3,(H,21,26). The van der Waals surface area contributed by atoms with Gasteiger partial charge in [0.05, 0.1) is 0 Å². The summed E-state index contributed by atoms with van der Waals surface area (Å²) in [5.74, 6) is -2.00. The Balaban J connectivity index is 1.78. The van der Waals surface area contributed by atoms with Crippen molar-refractivity contribution in [2.75, 3.05) is 5.32 Å². The average Bonchev–Trinajstić information content (AvgIpc) is 3.09. The maximum absolute atomic E-state index is 14.5. The molecule has 1 N–H and O–H groups in total. The Morgan fingerprint density at radius 3 is 2.50 bits per heavy atom. The largest absolute Gasteiger partial charge is 0.322 e. The molecule has 9 heteroatoms. The third-order valence-corrected chi connectivity index (χ3v) is 4.63. The van der Waals surface area contributed by atoms with Crippen LogP contribution in [0.2, 0.25) is 0 Å². The molecule has 2 aromatic heterocycles. The van der Waals surface area contributed by atoms with Crippen LogP contribution in [-0.2, 0) is 14.1 Å². The Morgan fingerprint density at radius 1 is 1.04 bits per heavy atom. The Morgan fingerprint density at radius 2 is 1.73 bits per heavy atom. The van der Waals surface area contributed by atoms with E-state index >= 15 is 0 Å². The molecule has 2 aromatic carbocycles. The fourth-order valence-corrected chi connectivity index (χ4v) is 3.41. The first-order valence-electron chi connectivity index (χ1n) is 7.59. The molecule has 0 saturated heterocycles. The summed E-state index contributed by atoms with van der Waals surface area (Å²) in [5.41, 5.74) is 0.433. The van der Waals surface area contributed by atoms with Crippen LogP contribution < -0.4 is 5.32 Å². The number of aryl methyl sites for hydroxylation is 2. The molecule has 0 fully saturated rings. The molecule has 2 heterocycles. The SMILES string of the molecule is Cn1cc2cc(NC(=O)c3c(F)cc(Br)c4cn(C)nc34)cc(F)c2n1. The maximum Gasteiger partial charge on any atom is 0.260 e. The van der Waals surface area contributed by atoms with Gasteiger partial charge in [0.2, 0.25) is 0 Å². The number of carbonyl (C=O) groups excluding carboxylic acids is 1. The van der Waals surface area contributed by atoms with Crippen molar-refractivity contribution in [1.82, 2.24) is 19.6 Å². The fourth-order valence-electron chi connectivity index (χ4n) is 2.92. The lowest BCUT2D eigenvalue weighted by atomic mass is 10.1. The van der Waals surface area contributed by atoms with Crippen LogP contribution in [0.4, 0.5) is 14.5 Å². The first kappa shape index (κ1) is 16.6. The predicted molar refractivity (Wildman–Crippen MR) is 97.0 cm³/mol. The molecular formula is C17H12BrF2N5O. The minimum atomic E-state index is -0.719. The van der Waals surface area contributed by atoms with Crippen molar-refractivity contribution < 1.29 is 13.6 Å². The highest BCUT2D eigenvalue weighted by atomic mass is 79.9. The van der Waals surface area contributed by atoms with Crippen molar-refractivity contribution >= 4 is 49.3 Å². The highest BCUT2D eigenvalue weighted by molar-refractivity contribution is 9.10. The van der Waals surface area contributed by atoms with E-state index in [0.717, 1.165) is 6.07 Å². The molecule has 0 aliphatic rings. The molecule has 0 aliphatic carbocycles. The number of fused-ring (bicyclic) bond motifs is 2. The normalized spacial score (nSPS) is 11.4. The highest BCUT2D eigenvalue weighted by Gasteiger charge is 2.21. The van der Waals surface area contributed by atoms with Crippen molar-refractivity contribution in [2.45, 2.75) is 0 Å².